The van der Waals surface area contributed by atoms with Crippen LogP contribution in [0.4, 0.5) is 5.69 Å². The number of rotatable bonds is 9. The maximum Gasteiger partial charge on any atom is 0.234 e. The zero-order valence-electron chi connectivity index (χ0n) is 18.3. The molecule has 2 heterocycles. The van der Waals surface area contributed by atoms with Crippen molar-refractivity contribution in [2.45, 2.75) is 5.16 Å². The summed E-state index contributed by atoms with van der Waals surface area (Å²) in [7, 11) is 4.71. The molecular formula is C23H22N4O5S. The molecule has 2 aromatic carbocycles. The van der Waals surface area contributed by atoms with Crippen molar-refractivity contribution in [3.05, 3.63) is 60.9 Å². The van der Waals surface area contributed by atoms with Crippen LogP contribution in [0.1, 0.15) is 0 Å². The van der Waals surface area contributed by atoms with Crippen LogP contribution in [0.25, 0.3) is 17.3 Å². The third-order valence-corrected chi connectivity index (χ3v) is 5.65. The smallest absolute Gasteiger partial charge is 0.234 e. The summed E-state index contributed by atoms with van der Waals surface area (Å²) in [5.74, 6) is 2.87. The summed E-state index contributed by atoms with van der Waals surface area (Å²) in [5, 5.41) is 12.0. The van der Waals surface area contributed by atoms with Crippen LogP contribution in [0.5, 0.6) is 17.2 Å². The molecule has 0 fully saturated rings. The highest BCUT2D eigenvalue weighted by Crippen LogP contribution is 2.31. The predicted octanol–water partition coefficient (Wildman–Crippen LogP) is 4.28. The number of thioether (sulfide) groups is 1. The molecule has 9 nitrogen and oxygen atoms in total. The van der Waals surface area contributed by atoms with Crippen molar-refractivity contribution in [1.82, 2.24) is 14.8 Å². The van der Waals surface area contributed by atoms with Gasteiger partial charge >= 0.3 is 0 Å². The number of ether oxygens (including phenoxy) is 3. The van der Waals surface area contributed by atoms with Crippen molar-refractivity contribution in [3.63, 3.8) is 0 Å². The molecule has 0 radical (unpaired) electrons. The Morgan fingerprint density at radius 1 is 1.00 bits per heavy atom. The lowest BCUT2D eigenvalue weighted by atomic mass is 10.2. The van der Waals surface area contributed by atoms with E-state index >= 15 is 0 Å². The quantitative estimate of drug-likeness (QED) is 0.365. The molecule has 0 aliphatic rings. The van der Waals surface area contributed by atoms with Gasteiger partial charge in [-0.3, -0.25) is 9.36 Å². The number of methoxy groups -OCH3 is 3. The molecule has 4 aromatic rings. The van der Waals surface area contributed by atoms with E-state index in [0.29, 0.717) is 33.9 Å². The number of carbonyl (C=O) groups is 1. The average molecular weight is 467 g/mol. The fourth-order valence-corrected chi connectivity index (χ4v) is 3.86. The van der Waals surface area contributed by atoms with Gasteiger partial charge in [0.15, 0.2) is 10.9 Å². The number of amides is 1. The summed E-state index contributed by atoms with van der Waals surface area (Å²) in [4.78, 5) is 12.7. The number of hydrogen-bond donors (Lipinski definition) is 1. The van der Waals surface area contributed by atoms with E-state index in [2.05, 4.69) is 15.5 Å². The van der Waals surface area contributed by atoms with Gasteiger partial charge in [-0.25, -0.2) is 0 Å². The maximum absolute atomic E-state index is 12.7. The van der Waals surface area contributed by atoms with Gasteiger partial charge < -0.3 is 23.9 Å². The first-order valence-electron chi connectivity index (χ1n) is 9.91. The van der Waals surface area contributed by atoms with E-state index in [9.17, 15) is 4.79 Å². The first-order valence-corrected chi connectivity index (χ1v) is 10.9. The molecule has 4 rings (SSSR count). The fraction of sp³-hybridized carbons (Fsp3) is 0.174. The number of hydrogen-bond acceptors (Lipinski definition) is 8. The summed E-state index contributed by atoms with van der Waals surface area (Å²) < 4.78 is 23.2. The number of furan rings is 1. The molecule has 1 amide bonds. The molecular weight excluding hydrogens is 444 g/mol. The van der Waals surface area contributed by atoms with Crippen molar-refractivity contribution in [2.75, 3.05) is 32.4 Å². The third-order valence-electron chi connectivity index (χ3n) is 4.72. The van der Waals surface area contributed by atoms with Crippen LogP contribution in [-0.2, 0) is 4.79 Å². The summed E-state index contributed by atoms with van der Waals surface area (Å²) in [5.41, 5.74) is 1.36. The number of nitrogens with one attached hydrogen (secondary N) is 1. The number of carbonyl (C=O) groups excluding carboxylic acids is 1. The van der Waals surface area contributed by atoms with Gasteiger partial charge in [0, 0.05) is 6.07 Å². The Labute approximate surface area is 194 Å². The third kappa shape index (κ3) is 4.96. The molecule has 0 saturated heterocycles. The zero-order valence-corrected chi connectivity index (χ0v) is 19.1. The van der Waals surface area contributed by atoms with E-state index in [0.717, 1.165) is 11.4 Å². The van der Waals surface area contributed by atoms with Crippen LogP contribution in [0.2, 0.25) is 0 Å². The number of benzene rings is 2. The van der Waals surface area contributed by atoms with E-state index in [-0.39, 0.29) is 11.7 Å². The van der Waals surface area contributed by atoms with Crippen molar-refractivity contribution < 1.29 is 23.4 Å². The Morgan fingerprint density at radius 3 is 2.42 bits per heavy atom. The SMILES string of the molecule is COc1ccc(-n2c(SCC(=O)Nc3ccc(OC)cc3OC)nnc2-c2ccco2)cc1. The number of aromatic nitrogens is 3. The molecule has 170 valence electrons. The summed E-state index contributed by atoms with van der Waals surface area (Å²) in [6.45, 7) is 0. The van der Waals surface area contributed by atoms with Gasteiger partial charge in [-0.05, 0) is 48.5 Å². The number of nitrogens with zero attached hydrogens (tertiary/aromatic N) is 3. The fourth-order valence-electron chi connectivity index (χ4n) is 3.11. The van der Waals surface area contributed by atoms with Crippen molar-refractivity contribution in [2.24, 2.45) is 0 Å². The first kappa shape index (κ1) is 22.3. The van der Waals surface area contributed by atoms with Crippen LogP contribution in [0.3, 0.4) is 0 Å². The Balaban J connectivity index is 1.55. The van der Waals surface area contributed by atoms with Crippen LogP contribution < -0.4 is 19.5 Å². The molecule has 1 N–H and O–H groups in total. The topological polar surface area (TPSA) is 101 Å². The Kier molecular flexibility index (Phi) is 6.84. The summed E-state index contributed by atoms with van der Waals surface area (Å²) in [6.07, 6.45) is 1.57. The lowest BCUT2D eigenvalue weighted by Crippen LogP contribution is -2.15. The number of anilines is 1. The molecule has 0 aliphatic carbocycles. The maximum atomic E-state index is 12.7. The Morgan fingerprint density at radius 2 is 1.76 bits per heavy atom. The van der Waals surface area contributed by atoms with Gasteiger partial charge in [-0.1, -0.05) is 11.8 Å². The van der Waals surface area contributed by atoms with Crippen LogP contribution in [-0.4, -0.2) is 47.8 Å². The molecule has 0 atom stereocenters. The predicted molar refractivity (Wildman–Crippen MR) is 125 cm³/mol. The van der Waals surface area contributed by atoms with Crippen molar-refractivity contribution in [1.29, 1.82) is 0 Å². The van der Waals surface area contributed by atoms with E-state index in [1.54, 1.807) is 50.8 Å². The second-order valence-corrected chi connectivity index (χ2v) is 7.66. The summed E-state index contributed by atoms with van der Waals surface area (Å²) >= 11 is 1.26. The van der Waals surface area contributed by atoms with Crippen LogP contribution >= 0.6 is 11.8 Å². The van der Waals surface area contributed by atoms with Crippen LogP contribution in [0, 0.1) is 0 Å². The average Bonchev–Trinajstić information content (AvgIpc) is 3.53. The van der Waals surface area contributed by atoms with E-state index < -0.39 is 0 Å². The second kappa shape index (κ2) is 10.1. The largest absolute Gasteiger partial charge is 0.497 e. The van der Waals surface area contributed by atoms with Gasteiger partial charge in [0.25, 0.3) is 0 Å². The molecule has 0 spiro atoms. The van der Waals surface area contributed by atoms with Gasteiger partial charge in [-0.2, -0.15) is 0 Å². The Bertz CT molecular complexity index is 1220. The molecule has 10 heteroatoms. The molecule has 0 bridgehead atoms. The van der Waals surface area contributed by atoms with Crippen molar-refractivity contribution >= 4 is 23.4 Å². The Hall–Kier alpha value is -3.92. The summed E-state index contributed by atoms with van der Waals surface area (Å²) in [6, 6.07) is 16.2. The minimum Gasteiger partial charge on any atom is -0.497 e. The highest BCUT2D eigenvalue weighted by Gasteiger charge is 2.19. The zero-order chi connectivity index (χ0) is 23.2. The second-order valence-electron chi connectivity index (χ2n) is 6.72. The molecule has 33 heavy (non-hydrogen) atoms. The molecule has 0 aliphatic heterocycles. The molecule has 0 unspecified atom stereocenters. The lowest BCUT2D eigenvalue weighted by molar-refractivity contribution is -0.113. The van der Waals surface area contributed by atoms with Crippen molar-refractivity contribution in [3.8, 4) is 34.5 Å². The van der Waals surface area contributed by atoms with Gasteiger partial charge in [0.05, 0.1) is 44.7 Å². The van der Waals surface area contributed by atoms with E-state index in [4.69, 9.17) is 18.6 Å². The van der Waals surface area contributed by atoms with E-state index in [1.165, 1.54) is 18.9 Å². The van der Waals surface area contributed by atoms with Gasteiger partial charge in [0.1, 0.15) is 17.2 Å². The lowest BCUT2D eigenvalue weighted by Gasteiger charge is -2.12. The molecule has 2 aromatic heterocycles. The normalized spacial score (nSPS) is 10.6. The first-order chi connectivity index (χ1) is 16.1. The van der Waals surface area contributed by atoms with Gasteiger partial charge in [-0.15, -0.1) is 10.2 Å². The minimum atomic E-state index is -0.215. The highest BCUT2D eigenvalue weighted by atomic mass is 32.2. The molecule has 0 saturated carbocycles. The van der Waals surface area contributed by atoms with Gasteiger partial charge in [0.2, 0.25) is 11.7 Å². The minimum absolute atomic E-state index is 0.113. The standard InChI is InChI=1S/C23H22N4O5S/c1-29-16-8-6-15(7-9-16)27-22(19-5-4-12-32-19)25-26-23(27)33-14-21(28)24-18-11-10-17(30-2)13-20(18)31-3/h4-13H,14H2,1-3H3,(H,24,28). The van der Waals surface area contributed by atoms with Crippen LogP contribution in [0.15, 0.2) is 70.4 Å². The highest BCUT2D eigenvalue weighted by molar-refractivity contribution is 7.99. The monoisotopic (exact) mass is 466 g/mol. The van der Waals surface area contributed by atoms with E-state index in [1.807, 2.05) is 28.8 Å².